The van der Waals surface area contributed by atoms with Crippen LogP contribution in [0.4, 0.5) is 0 Å². The maximum Gasteiger partial charge on any atom is 0.240 e. The lowest BCUT2D eigenvalue weighted by molar-refractivity contribution is 0.355. The van der Waals surface area contributed by atoms with E-state index in [1.807, 2.05) is 18.2 Å². The fraction of sp³-hybridized carbons (Fsp3) is 0.231. The Kier molecular flexibility index (Phi) is 4.95. The normalized spacial score (nSPS) is 12.1. The Morgan fingerprint density at radius 1 is 1.10 bits per heavy atom. The first-order valence-electron chi connectivity index (χ1n) is 5.71. The van der Waals surface area contributed by atoms with Gasteiger partial charge >= 0.3 is 0 Å². The minimum atomic E-state index is -0.447. The number of nitrogens with zero attached hydrogens (tertiary/aromatic N) is 2. The molecule has 5 nitrogen and oxygen atoms in total. The zero-order valence-corrected chi connectivity index (χ0v) is 14.1. The highest BCUT2D eigenvalue weighted by Crippen LogP contribution is 2.30. The van der Waals surface area contributed by atoms with Gasteiger partial charge in [-0.3, -0.25) is 0 Å². The first-order valence-corrected chi connectivity index (χ1v) is 7.30. The van der Waals surface area contributed by atoms with Crippen LogP contribution in [0.2, 0.25) is 0 Å². The van der Waals surface area contributed by atoms with Crippen molar-refractivity contribution < 1.29 is 9.47 Å². The van der Waals surface area contributed by atoms with Gasteiger partial charge in [-0.1, -0.05) is 31.9 Å². The fourth-order valence-corrected chi connectivity index (χ4v) is 3.07. The van der Waals surface area contributed by atoms with Crippen molar-refractivity contribution in [2.45, 2.75) is 6.04 Å². The second kappa shape index (κ2) is 6.51. The van der Waals surface area contributed by atoms with Crippen LogP contribution in [0.1, 0.15) is 17.3 Å². The molecule has 20 heavy (non-hydrogen) atoms. The maximum atomic E-state index is 6.26. The van der Waals surface area contributed by atoms with E-state index in [1.54, 1.807) is 0 Å². The van der Waals surface area contributed by atoms with Crippen molar-refractivity contribution >= 4 is 31.9 Å². The molecule has 0 aliphatic heterocycles. The molecule has 0 saturated carbocycles. The number of halogens is 2. The third-order valence-corrected chi connectivity index (χ3v) is 3.60. The Labute approximate surface area is 133 Å². The summed E-state index contributed by atoms with van der Waals surface area (Å²) < 4.78 is 12.1. The van der Waals surface area contributed by atoms with Gasteiger partial charge in [0.2, 0.25) is 11.8 Å². The molecule has 1 unspecified atom stereocenters. The van der Waals surface area contributed by atoms with Crippen LogP contribution in [0.5, 0.6) is 11.8 Å². The van der Waals surface area contributed by atoms with Crippen molar-refractivity contribution in [3.8, 4) is 11.8 Å². The number of aromatic nitrogens is 2. The summed E-state index contributed by atoms with van der Waals surface area (Å²) in [5.41, 5.74) is 7.70. The van der Waals surface area contributed by atoms with Gasteiger partial charge in [-0.25, -0.2) is 4.98 Å². The lowest BCUT2D eigenvalue weighted by atomic mass is 10.0. The van der Waals surface area contributed by atoms with Crippen molar-refractivity contribution in [3.63, 3.8) is 0 Å². The Morgan fingerprint density at radius 3 is 2.30 bits per heavy atom. The van der Waals surface area contributed by atoms with E-state index in [2.05, 4.69) is 41.8 Å². The smallest absolute Gasteiger partial charge is 0.240 e. The first kappa shape index (κ1) is 15.2. The molecule has 2 N–H and O–H groups in total. The van der Waals surface area contributed by atoms with Crippen molar-refractivity contribution in [2.24, 2.45) is 5.73 Å². The molecular weight excluding hydrogens is 390 g/mol. The molecule has 0 aliphatic rings. The maximum absolute atomic E-state index is 6.26. The van der Waals surface area contributed by atoms with Crippen LogP contribution in [0.15, 0.2) is 33.3 Å². The number of hydrogen-bond donors (Lipinski definition) is 1. The van der Waals surface area contributed by atoms with Crippen LogP contribution in [-0.2, 0) is 0 Å². The molecule has 2 aromatic rings. The molecule has 0 fully saturated rings. The van der Waals surface area contributed by atoms with Crippen molar-refractivity contribution in [2.75, 3.05) is 14.2 Å². The fourth-order valence-electron chi connectivity index (χ4n) is 1.74. The van der Waals surface area contributed by atoms with E-state index < -0.39 is 6.04 Å². The summed E-state index contributed by atoms with van der Waals surface area (Å²) in [6.45, 7) is 0. The molecule has 1 heterocycles. The van der Waals surface area contributed by atoms with Gasteiger partial charge in [0.15, 0.2) is 0 Å². The monoisotopic (exact) mass is 401 g/mol. The summed E-state index contributed by atoms with van der Waals surface area (Å²) >= 11 is 6.88. The van der Waals surface area contributed by atoms with Gasteiger partial charge in [0.25, 0.3) is 0 Å². The van der Waals surface area contributed by atoms with E-state index in [-0.39, 0.29) is 0 Å². The molecule has 7 heteroatoms. The zero-order valence-electron chi connectivity index (χ0n) is 10.9. The Hall–Kier alpha value is -1.18. The lowest BCUT2D eigenvalue weighted by Crippen LogP contribution is -2.16. The van der Waals surface area contributed by atoms with E-state index in [0.29, 0.717) is 17.5 Å². The van der Waals surface area contributed by atoms with E-state index in [1.165, 1.54) is 20.4 Å². The second-order valence-corrected chi connectivity index (χ2v) is 5.82. The van der Waals surface area contributed by atoms with E-state index in [4.69, 9.17) is 15.2 Å². The zero-order chi connectivity index (χ0) is 14.7. The number of ether oxygens (including phenoxy) is 2. The van der Waals surface area contributed by atoms with Gasteiger partial charge in [0.1, 0.15) is 5.69 Å². The van der Waals surface area contributed by atoms with Crippen molar-refractivity contribution in [1.82, 2.24) is 9.97 Å². The average molecular weight is 403 g/mol. The molecular formula is C13H13Br2N3O2. The molecule has 1 aromatic carbocycles. The molecule has 0 bridgehead atoms. The summed E-state index contributed by atoms with van der Waals surface area (Å²) in [7, 11) is 3.05. The lowest BCUT2D eigenvalue weighted by Gasteiger charge is -2.15. The summed E-state index contributed by atoms with van der Waals surface area (Å²) in [5, 5.41) is 0. The molecule has 2 rings (SSSR count). The highest BCUT2D eigenvalue weighted by Gasteiger charge is 2.18. The first-order chi connectivity index (χ1) is 9.55. The molecule has 0 aliphatic carbocycles. The minimum absolute atomic E-state index is 0.355. The summed E-state index contributed by atoms with van der Waals surface area (Å²) in [6.07, 6.45) is 1.52. The number of benzene rings is 1. The van der Waals surface area contributed by atoms with Crippen LogP contribution in [0, 0.1) is 0 Å². The van der Waals surface area contributed by atoms with Crippen molar-refractivity contribution in [3.05, 3.63) is 44.6 Å². The SMILES string of the molecule is COc1cnc(C(N)c2cc(Br)cc(Br)c2)c(OC)n1. The third kappa shape index (κ3) is 3.28. The summed E-state index contributed by atoms with van der Waals surface area (Å²) in [6, 6.07) is 5.35. The van der Waals surface area contributed by atoms with Crippen molar-refractivity contribution in [1.29, 1.82) is 0 Å². The quantitative estimate of drug-likeness (QED) is 0.850. The number of hydrogen-bond acceptors (Lipinski definition) is 5. The Morgan fingerprint density at radius 2 is 1.75 bits per heavy atom. The van der Waals surface area contributed by atoms with E-state index >= 15 is 0 Å². The van der Waals surface area contributed by atoms with Gasteiger partial charge in [0, 0.05) is 8.95 Å². The molecule has 0 spiro atoms. The average Bonchev–Trinajstić information content (AvgIpc) is 2.44. The highest BCUT2D eigenvalue weighted by atomic mass is 79.9. The Bertz CT molecular complexity index is 602. The standard InChI is InChI=1S/C13H13Br2N3O2/c1-19-10-6-17-12(13(18-10)20-2)11(16)7-3-8(14)5-9(15)4-7/h3-6,11H,16H2,1-2H3. The van der Waals surface area contributed by atoms with Gasteiger partial charge in [-0.2, -0.15) is 4.98 Å². The molecule has 0 radical (unpaired) electrons. The van der Waals surface area contributed by atoms with Gasteiger partial charge in [-0.05, 0) is 23.8 Å². The minimum Gasteiger partial charge on any atom is -0.480 e. The summed E-state index contributed by atoms with van der Waals surface area (Å²) in [5.74, 6) is 0.737. The largest absolute Gasteiger partial charge is 0.480 e. The number of methoxy groups -OCH3 is 2. The van der Waals surface area contributed by atoms with Crippen LogP contribution in [0.3, 0.4) is 0 Å². The van der Waals surface area contributed by atoms with Crippen LogP contribution >= 0.6 is 31.9 Å². The van der Waals surface area contributed by atoms with E-state index in [9.17, 15) is 0 Å². The molecule has 1 atom stereocenters. The molecule has 106 valence electrons. The molecule has 1 aromatic heterocycles. The van der Waals surface area contributed by atoms with Crippen LogP contribution < -0.4 is 15.2 Å². The highest BCUT2D eigenvalue weighted by molar-refractivity contribution is 9.11. The third-order valence-electron chi connectivity index (χ3n) is 2.69. The van der Waals surface area contributed by atoms with Gasteiger partial charge in [-0.15, -0.1) is 0 Å². The number of rotatable bonds is 4. The summed E-state index contributed by atoms with van der Waals surface area (Å²) in [4.78, 5) is 8.48. The van der Waals surface area contributed by atoms with Crippen LogP contribution in [-0.4, -0.2) is 24.2 Å². The second-order valence-electron chi connectivity index (χ2n) is 3.99. The van der Waals surface area contributed by atoms with Gasteiger partial charge < -0.3 is 15.2 Å². The predicted molar refractivity (Wildman–Crippen MR) is 83.0 cm³/mol. The van der Waals surface area contributed by atoms with Crippen LogP contribution in [0.25, 0.3) is 0 Å². The predicted octanol–water partition coefficient (Wildman–Crippen LogP) is 3.07. The number of nitrogens with two attached hydrogens (primary N) is 1. The molecule has 0 amide bonds. The molecule has 0 saturated heterocycles. The van der Waals surface area contributed by atoms with E-state index in [0.717, 1.165) is 14.5 Å². The Balaban J connectivity index is 2.44. The topological polar surface area (TPSA) is 70.3 Å². The van der Waals surface area contributed by atoms with Gasteiger partial charge in [0.05, 0.1) is 26.5 Å².